The van der Waals surface area contributed by atoms with Gasteiger partial charge in [0.05, 0.1) is 0 Å². The lowest BCUT2D eigenvalue weighted by atomic mass is 10.0. The van der Waals surface area contributed by atoms with Crippen LogP contribution in [0.1, 0.15) is 31.4 Å². The van der Waals surface area contributed by atoms with Gasteiger partial charge in [0.15, 0.2) is 0 Å². The van der Waals surface area contributed by atoms with Gasteiger partial charge in [0.2, 0.25) is 0 Å². The van der Waals surface area contributed by atoms with E-state index >= 15 is 0 Å². The first kappa shape index (κ1) is 11.6. The number of hydrogen-bond donors (Lipinski definition) is 0. The van der Waals surface area contributed by atoms with E-state index in [1.807, 2.05) is 24.3 Å². The Morgan fingerprint density at radius 1 is 1.07 bits per heavy atom. The van der Waals surface area contributed by atoms with Crippen molar-refractivity contribution in [3.05, 3.63) is 35.4 Å². The van der Waals surface area contributed by atoms with Crippen molar-refractivity contribution >= 4 is 11.6 Å². The summed E-state index contributed by atoms with van der Waals surface area (Å²) in [5.41, 5.74) is 2.16. The van der Waals surface area contributed by atoms with E-state index < -0.39 is 0 Å². The molecule has 0 saturated carbocycles. The molecule has 0 atom stereocenters. The zero-order valence-electron chi connectivity index (χ0n) is 9.25. The van der Waals surface area contributed by atoms with Crippen molar-refractivity contribution in [1.82, 2.24) is 0 Å². The smallest absolute Gasteiger partial charge is 0.134 e. The van der Waals surface area contributed by atoms with Gasteiger partial charge < -0.3 is 4.79 Å². The lowest BCUT2D eigenvalue weighted by molar-refractivity contribution is -0.117. The van der Waals surface area contributed by atoms with Crippen LogP contribution in [0.5, 0.6) is 0 Å². The Morgan fingerprint density at radius 3 is 2.33 bits per heavy atom. The number of benzene rings is 1. The molecule has 0 fully saturated rings. The Morgan fingerprint density at radius 2 is 1.73 bits per heavy atom. The quantitative estimate of drug-likeness (QED) is 0.737. The molecule has 0 N–H and O–H groups in total. The Balaban J connectivity index is 2.65. The van der Waals surface area contributed by atoms with E-state index in [0.29, 0.717) is 12.8 Å². The van der Waals surface area contributed by atoms with Gasteiger partial charge in [0, 0.05) is 12.8 Å². The van der Waals surface area contributed by atoms with E-state index in [0.717, 1.165) is 17.5 Å². The van der Waals surface area contributed by atoms with E-state index in [1.165, 1.54) is 0 Å². The molecule has 0 aromatic heterocycles. The number of aryl methyl sites for hydroxylation is 1. The van der Waals surface area contributed by atoms with Crippen LogP contribution in [0.15, 0.2) is 24.3 Å². The second kappa shape index (κ2) is 5.44. The molecular formula is C13H16O2. The third-order valence-electron chi connectivity index (χ3n) is 2.21. The molecule has 0 saturated heterocycles. The molecule has 0 unspecified atom stereocenters. The molecule has 0 aliphatic rings. The van der Waals surface area contributed by atoms with Gasteiger partial charge in [-0.1, -0.05) is 24.3 Å². The van der Waals surface area contributed by atoms with Gasteiger partial charge in [0.1, 0.15) is 11.6 Å². The first-order valence-corrected chi connectivity index (χ1v) is 5.14. The number of Topliss-reactive ketones (excluding diaryl/α,β-unsaturated/α-hetero) is 2. The fourth-order valence-corrected chi connectivity index (χ4v) is 1.50. The van der Waals surface area contributed by atoms with Gasteiger partial charge in [-0.2, -0.15) is 0 Å². The zero-order chi connectivity index (χ0) is 11.3. The summed E-state index contributed by atoms with van der Waals surface area (Å²) in [6, 6.07) is 7.88. The number of carbonyl (C=O) groups is 2. The fourth-order valence-electron chi connectivity index (χ4n) is 1.50. The predicted molar refractivity (Wildman–Crippen MR) is 59.8 cm³/mol. The van der Waals surface area contributed by atoms with Gasteiger partial charge in [-0.25, -0.2) is 0 Å². The Kier molecular flexibility index (Phi) is 4.22. The zero-order valence-corrected chi connectivity index (χ0v) is 9.25. The summed E-state index contributed by atoms with van der Waals surface area (Å²) in [6.45, 7) is 3.18. The molecule has 0 spiro atoms. The summed E-state index contributed by atoms with van der Waals surface area (Å²) in [5.74, 6) is 0.366. The van der Waals surface area contributed by atoms with Crippen LogP contribution < -0.4 is 0 Å². The highest BCUT2D eigenvalue weighted by Crippen LogP contribution is 2.08. The summed E-state index contributed by atoms with van der Waals surface area (Å²) in [6.07, 6.45) is 1.82. The molecule has 2 heteroatoms. The van der Waals surface area contributed by atoms with Crippen LogP contribution in [-0.2, 0) is 22.4 Å². The third-order valence-corrected chi connectivity index (χ3v) is 2.21. The summed E-state index contributed by atoms with van der Waals surface area (Å²) in [4.78, 5) is 21.8. The van der Waals surface area contributed by atoms with E-state index in [-0.39, 0.29) is 11.6 Å². The Labute approximate surface area is 90.3 Å². The highest BCUT2D eigenvalue weighted by Gasteiger charge is 2.00. The maximum atomic E-state index is 10.9. The van der Waals surface area contributed by atoms with Gasteiger partial charge in [-0.15, -0.1) is 0 Å². The number of ketones is 2. The number of rotatable bonds is 5. The van der Waals surface area contributed by atoms with Crippen molar-refractivity contribution < 1.29 is 9.59 Å². The molecule has 0 aliphatic heterocycles. The minimum absolute atomic E-state index is 0.165. The van der Waals surface area contributed by atoms with Crippen molar-refractivity contribution in [3.8, 4) is 0 Å². The lowest BCUT2D eigenvalue weighted by Crippen LogP contribution is -1.98. The van der Waals surface area contributed by atoms with Crippen LogP contribution >= 0.6 is 0 Å². The maximum absolute atomic E-state index is 10.9. The van der Waals surface area contributed by atoms with Crippen LogP contribution in [0, 0.1) is 0 Å². The lowest BCUT2D eigenvalue weighted by Gasteiger charge is -2.02. The first-order chi connectivity index (χ1) is 7.08. The van der Waals surface area contributed by atoms with Gasteiger partial charge in [-0.05, 0) is 31.4 Å². The van der Waals surface area contributed by atoms with Gasteiger partial charge >= 0.3 is 0 Å². The normalized spacial score (nSPS) is 10.0. The summed E-state index contributed by atoms with van der Waals surface area (Å²) >= 11 is 0. The highest BCUT2D eigenvalue weighted by molar-refractivity contribution is 5.78. The van der Waals surface area contributed by atoms with E-state index in [1.54, 1.807) is 13.8 Å². The molecule has 80 valence electrons. The molecule has 0 amide bonds. The molecule has 0 heterocycles. The second-order valence-electron chi connectivity index (χ2n) is 3.90. The first-order valence-electron chi connectivity index (χ1n) is 5.14. The van der Waals surface area contributed by atoms with Crippen LogP contribution in [0.4, 0.5) is 0 Å². The summed E-state index contributed by atoms with van der Waals surface area (Å²) < 4.78 is 0. The van der Waals surface area contributed by atoms with Crippen molar-refractivity contribution in [1.29, 1.82) is 0 Å². The maximum Gasteiger partial charge on any atom is 0.134 e. The Bertz CT molecular complexity index is 367. The number of hydrogen-bond acceptors (Lipinski definition) is 2. The average molecular weight is 204 g/mol. The van der Waals surface area contributed by atoms with E-state index in [2.05, 4.69) is 0 Å². The van der Waals surface area contributed by atoms with Gasteiger partial charge in [-0.3, -0.25) is 4.79 Å². The van der Waals surface area contributed by atoms with Crippen LogP contribution in [0.3, 0.4) is 0 Å². The van der Waals surface area contributed by atoms with E-state index in [4.69, 9.17) is 0 Å². The largest absolute Gasteiger partial charge is 0.300 e. The second-order valence-corrected chi connectivity index (χ2v) is 3.90. The third kappa shape index (κ3) is 4.54. The summed E-state index contributed by atoms with van der Waals surface area (Å²) in [7, 11) is 0. The molecule has 0 radical (unpaired) electrons. The van der Waals surface area contributed by atoms with Crippen molar-refractivity contribution in [3.63, 3.8) is 0 Å². The van der Waals surface area contributed by atoms with Crippen LogP contribution in [0.2, 0.25) is 0 Å². The highest BCUT2D eigenvalue weighted by atomic mass is 16.1. The SMILES string of the molecule is CC(=O)CCc1cccc(CC(C)=O)c1. The summed E-state index contributed by atoms with van der Waals surface area (Å²) in [5, 5.41) is 0. The predicted octanol–water partition coefficient (Wildman–Crippen LogP) is 2.34. The molecule has 2 nitrogen and oxygen atoms in total. The molecule has 0 bridgehead atoms. The molecular weight excluding hydrogens is 188 g/mol. The van der Waals surface area contributed by atoms with Crippen LogP contribution in [-0.4, -0.2) is 11.6 Å². The molecule has 1 rings (SSSR count). The van der Waals surface area contributed by atoms with E-state index in [9.17, 15) is 9.59 Å². The van der Waals surface area contributed by atoms with Crippen molar-refractivity contribution in [2.45, 2.75) is 33.1 Å². The van der Waals surface area contributed by atoms with Gasteiger partial charge in [0.25, 0.3) is 0 Å². The monoisotopic (exact) mass is 204 g/mol. The molecule has 15 heavy (non-hydrogen) atoms. The average Bonchev–Trinajstić information content (AvgIpc) is 2.14. The fraction of sp³-hybridized carbons (Fsp3) is 0.385. The topological polar surface area (TPSA) is 34.1 Å². The molecule has 1 aromatic carbocycles. The molecule has 1 aromatic rings. The van der Waals surface area contributed by atoms with Crippen molar-refractivity contribution in [2.24, 2.45) is 0 Å². The standard InChI is InChI=1S/C13H16O2/c1-10(14)6-7-12-4-3-5-13(9-12)8-11(2)15/h3-5,9H,6-8H2,1-2H3. The number of carbonyl (C=O) groups excluding carboxylic acids is 2. The Hall–Kier alpha value is -1.44. The minimum Gasteiger partial charge on any atom is -0.300 e. The molecule has 0 aliphatic carbocycles. The van der Waals surface area contributed by atoms with Crippen molar-refractivity contribution in [2.75, 3.05) is 0 Å². The minimum atomic E-state index is 0.165. The van der Waals surface area contributed by atoms with Crippen LogP contribution in [0.25, 0.3) is 0 Å².